The molecule has 0 saturated heterocycles. The molecule has 0 bridgehead atoms. The minimum Gasteiger partial charge on any atom is -0.470 e. The number of halogens is 2. The van der Waals surface area contributed by atoms with E-state index in [0.29, 0.717) is 10.8 Å². The number of anilines is 1. The first-order valence-electron chi connectivity index (χ1n) is 7.60. The molecule has 8 nitrogen and oxygen atoms in total. The van der Waals surface area contributed by atoms with Crippen molar-refractivity contribution in [3.8, 4) is 5.75 Å². The molecule has 27 heavy (non-hydrogen) atoms. The number of nitro groups is 1. The standard InChI is InChI=1S/C17H12Cl2N4O4/c18-11-5-6-13(15(9-11)23(25)26)20-17(24)14-7-8-22(21-14)10-27-16-4-2-1-3-12(16)19/h1-9H,10H2,(H,20,24). The number of nitrogens with zero attached hydrogens (tertiary/aromatic N) is 3. The van der Waals surface area contributed by atoms with Crippen molar-refractivity contribution in [3.63, 3.8) is 0 Å². The van der Waals surface area contributed by atoms with E-state index in [1.165, 1.54) is 22.9 Å². The van der Waals surface area contributed by atoms with Gasteiger partial charge in [-0.05, 0) is 30.3 Å². The number of nitro benzene ring substituents is 1. The summed E-state index contributed by atoms with van der Waals surface area (Å²) in [6.45, 7) is 0.0398. The highest BCUT2D eigenvalue weighted by Gasteiger charge is 2.18. The molecule has 0 atom stereocenters. The number of hydrogen-bond acceptors (Lipinski definition) is 5. The molecule has 0 saturated carbocycles. The van der Waals surface area contributed by atoms with Gasteiger partial charge in [-0.25, -0.2) is 4.68 Å². The Morgan fingerprint density at radius 2 is 2.00 bits per heavy atom. The Bertz CT molecular complexity index is 1010. The maximum Gasteiger partial charge on any atom is 0.294 e. The number of aromatic nitrogens is 2. The zero-order valence-corrected chi connectivity index (χ0v) is 15.1. The van der Waals surface area contributed by atoms with Crippen LogP contribution >= 0.6 is 23.2 Å². The van der Waals surface area contributed by atoms with Crippen molar-refractivity contribution in [1.82, 2.24) is 9.78 Å². The number of ether oxygens (including phenoxy) is 1. The minimum absolute atomic E-state index is 0.0243. The SMILES string of the molecule is O=C(Nc1ccc(Cl)cc1[N+](=O)[O-])c1ccn(COc2ccccc2Cl)n1. The second kappa shape index (κ2) is 8.07. The van der Waals surface area contributed by atoms with Gasteiger partial charge in [0.05, 0.1) is 9.95 Å². The quantitative estimate of drug-likeness (QED) is 0.483. The van der Waals surface area contributed by atoms with Crippen LogP contribution in [0.1, 0.15) is 10.5 Å². The summed E-state index contributed by atoms with van der Waals surface area (Å²) in [5.74, 6) is -0.116. The minimum atomic E-state index is -0.627. The predicted molar refractivity (Wildman–Crippen MR) is 100 cm³/mol. The first-order chi connectivity index (χ1) is 12.9. The smallest absolute Gasteiger partial charge is 0.294 e. The lowest BCUT2D eigenvalue weighted by Crippen LogP contribution is -2.15. The third kappa shape index (κ3) is 4.55. The van der Waals surface area contributed by atoms with Crippen molar-refractivity contribution < 1.29 is 14.5 Å². The van der Waals surface area contributed by atoms with E-state index in [4.69, 9.17) is 27.9 Å². The first kappa shape index (κ1) is 18.7. The number of benzene rings is 2. The Morgan fingerprint density at radius 3 is 2.74 bits per heavy atom. The number of carbonyl (C=O) groups excluding carboxylic acids is 1. The number of hydrogen-bond donors (Lipinski definition) is 1. The topological polar surface area (TPSA) is 99.3 Å². The predicted octanol–water partition coefficient (Wildman–Crippen LogP) is 4.39. The molecule has 0 aliphatic carbocycles. The van der Waals surface area contributed by atoms with Crippen LogP contribution in [0.5, 0.6) is 5.75 Å². The Balaban J connectivity index is 1.69. The van der Waals surface area contributed by atoms with Crippen molar-refractivity contribution in [3.05, 3.63) is 80.6 Å². The van der Waals surface area contributed by atoms with Crippen LogP contribution in [-0.4, -0.2) is 20.6 Å². The van der Waals surface area contributed by atoms with Gasteiger partial charge in [0.25, 0.3) is 11.6 Å². The number of nitrogens with one attached hydrogen (secondary N) is 1. The second-order valence-corrected chi connectivity index (χ2v) is 6.16. The van der Waals surface area contributed by atoms with E-state index in [1.54, 1.807) is 30.5 Å². The van der Waals surface area contributed by atoms with Gasteiger partial charge in [-0.3, -0.25) is 14.9 Å². The molecule has 0 spiro atoms. The summed E-state index contributed by atoms with van der Waals surface area (Å²) in [5.41, 5.74) is -0.212. The molecule has 1 N–H and O–H groups in total. The Labute approximate surface area is 163 Å². The summed E-state index contributed by atoms with van der Waals surface area (Å²) >= 11 is 11.8. The van der Waals surface area contributed by atoms with Gasteiger partial charge >= 0.3 is 0 Å². The summed E-state index contributed by atoms with van der Waals surface area (Å²) in [5, 5.41) is 18.3. The van der Waals surface area contributed by atoms with E-state index in [1.807, 2.05) is 0 Å². The lowest BCUT2D eigenvalue weighted by Gasteiger charge is -2.07. The molecule has 2 aromatic carbocycles. The maximum atomic E-state index is 12.3. The molecule has 0 unspecified atom stereocenters. The van der Waals surface area contributed by atoms with Gasteiger partial charge < -0.3 is 10.1 Å². The molecule has 138 valence electrons. The van der Waals surface area contributed by atoms with Crippen LogP contribution in [0.3, 0.4) is 0 Å². The molecule has 1 aromatic heterocycles. The van der Waals surface area contributed by atoms with Crippen molar-refractivity contribution in [2.45, 2.75) is 6.73 Å². The van der Waals surface area contributed by atoms with Gasteiger partial charge in [-0.15, -0.1) is 0 Å². The first-order valence-corrected chi connectivity index (χ1v) is 8.35. The summed E-state index contributed by atoms with van der Waals surface area (Å²) < 4.78 is 6.93. The van der Waals surface area contributed by atoms with E-state index < -0.39 is 10.8 Å². The van der Waals surface area contributed by atoms with Crippen molar-refractivity contribution in [2.75, 3.05) is 5.32 Å². The van der Waals surface area contributed by atoms with E-state index >= 15 is 0 Å². The van der Waals surface area contributed by atoms with E-state index in [9.17, 15) is 14.9 Å². The van der Waals surface area contributed by atoms with Crippen molar-refractivity contribution in [1.29, 1.82) is 0 Å². The second-order valence-electron chi connectivity index (χ2n) is 5.32. The van der Waals surface area contributed by atoms with Gasteiger partial charge in [0.2, 0.25) is 0 Å². The van der Waals surface area contributed by atoms with Crippen LogP contribution in [0, 0.1) is 10.1 Å². The molecule has 3 aromatic rings. The Kier molecular flexibility index (Phi) is 5.58. The molecule has 0 fully saturated rings. The number of carbonyl (C=O) groups is 1. The van der Waals surface area contributed by atoms with Crippen LogP contribution < -0.4 is 10.1 Å². The molecule has 0 aliphatic heterocycles. The molecular formula is C17H12Cl2N4O4. The average Bonchev–Trinajstić information content (AvgIpc) is 3.11. The Hall–Kier alpha value is -3.10. The highest BCUT2D eigenvalue weighted by atomic mass is 35.5. The highest BCUT2D eigenvalue weighted by molar-refractivity contribution is 6.32. The zero-order valence-electron chi connectivity index (χ0n) is 13.6. The third-order valence-electron chi connectivity index (χ3n) is 3.47. The van der Waals surface area contributed by atoms with Gasteiger partial charge in [0.1, 0.15) is 11.4 Å². The van der Waals surface area contributed by atoms with Crippen molar-refractivity contribution >= 4 is 40.5 Å². The van der Waals surface area contributed by atoms with Crippen LogP contribution in [0.4, 0.5) is 11.4 Å². The molecule has 10 heteroatoms. The molecule has 0 radical (unpaired) electrons. The molecule has 0 aliphatic rings. The fourth-order valence-electron chi connectivity index (χ4n) is 2.20. The summed E-state index contributed by atoms with van der Waals surface area (Å²) in [6, 6.07) is 12.4. The van der Waals surface area contributed by atoms with Gasteiger partial charge in [0, 0.05) is 17.3 Å². The van der Waals surface area contributed by atoms with Crippen molar-refractivity contribution in [2.24, 2.45) is 0 Å². The fraction of sp³-hybridized carbons (Fsp3) is 0.0588. The van der Waals surface area contributed by atoms with Crippen LogP contribution in [0.15, 0.2) is 54.7 Å². The van der Waals surface area contributed by atoms with Crippen LogP contribution in [0.2, 0.25) is 10.0 Å². The van der Waals surface area contributed by atoms with Crippen LogP contribution in [0.25, 0.3) is 0 Å². The van der Waals surface area contributed by atoms with E-state index in [2.05, 4.69) is 10.4 Å². The van der Waals surface area contributed by atoms with Gasteiger partial charge in [-0.1, -0.05) is 35.3 Å². The zero-order chi connectivity index (χ0) is 19.4. The van der Waals surface area contributed by atoms with Gasteiger partial charge in [0.15, 0.2) is 12.4 Å². The monoisotopic (exact) mass is 406 g/mol. The van der Waals surface area contributed by atoms with E-state index in [-0.39, 0.29) is 28.8 Å². The lowest BCUT2D eigenvalue weighted by molar-refractivity contribution is -0.383. The Morgan fingerprint density at radius 1 is 1.22 bits per heavy atom. The summed E-state index contributed by atoms with van der Waals surface area (Å²) in [7, 11) is 0. The number of rotatable bonds is 6. The maximum absolute atomic E-state index is 12.3. The van der Waals surface area contributed by atoms with E-state index in [0.717, 1.165) is 6.07 Å². The normalized spacial score (nSPS) is 10.4. The highest BCUT2D eigenvalue weighted by Crippen LogP contribution is 2.28. The van der Waals surface area contributed by atoms with Gasteiger partial charge in [-0.2, -0.15) is 5.10 Å². The largest absolute Gasteiger partial charge is 0.470 e. The summed E-state index contributed by atoms with van der Waals surface area (Å²) in [4.78, 5) is 22.8. The molecule has 3 rings (SSSR count). The number of para-hydroxylation sites is 1. The molecule has 1 amide bonds. The molecule has 1 heterocycles. The third-order valence-corrected chi connectivity index (χ3v) is 4.01. The number of amides is 1. The average molecular weight is 407 g/mol. The fourth-order valence-corrected chi connectivity index (χ4v) is 2.56. The summed E-state index contributed by atoms with van der Waals surface area (Å²) in [6.07, 6.45) is 1.54. The lowest BCUT2D eigenvalue weighted by atomic mass is 10.2. The van der Waals surface area contributed by atoms with Crippen LogP contribution in [-0.2, 0) is 6.73 Å². The molecular weight excluding hydrogens is 395 g/mol.